The third-order valence-electron chi connectivity index (χ3n) is 8.89. The van der Waals surface area contributed by atoms with Gasteiger partial charge in [-0.25, -0.2) is 0 Å². The highest BCUT2D eigenvalue weighted by atomic mass is 16.3. The van der Waals surface area contributed by atoms with Gasteiger partial charge in [-0.3, -0.25) is 14.5 Å². The number of aliphatic hydroxyl groups excluding tert-OH is 1. The van der Waals surface area contributed by atoms with Gasteiger partial charge in [-0.2, -0.15) is 0 Å². The Morgan fingerprint density at radius 1 is 0.477 bits per heavy atom. The van der Waals surface area contributed by atoms with E-state index >= 15 is 0 Å². The highest BCUT2D eigenvalue weighted by Gasteiger charge is 2.32. The number of carbonyl (C=O) groups excluding carboxylic acids is 2. The van der Waals surface area contributed by atoms with E-state index in [9.17, 15) is 14.7 Å². The second kappa shape index (κ2) is 33.1. The zero-order chi connectivity index (χ0) is 32.5. The summed E-state index contributed by atoms with van der Waals surface area (Å²) in [6, 6.07) is -0.720. The Labute approximate surface area is 274 Å². The molecule has 0 fully saturated rings. The van der Waals surface area contributed by atoms with Gasteiger partial charge >= 0.3 is 0 Å². The van der Waals surface area contributed by atoms with E-state index in [4.69, 9.17) is 0 Å². The molecule has 0 heterocycles. The van der Waals surface area contributed by atoms with Crippen molar-refractivity contribution >= 4 is 11.6 Å². The smallest absolute Gasteiger partial charge is 0.163 e. The number of Topliss-reactive ketones (excluding diaryl/α,β-unsaturated/α-hetero) is 2. The lowest BCUT2D eigenvalue weighted by molar-refractivity contribution is -0.138. The molecule has 0 rings (SSSR count). The Morgan fingerprint density at radius 3 is 1.11 bits per heavy atom. The fourth-order valence-electron chi connectivity index (χ4n) is 5.96. The molecule has 0 radical (unpaired) electrons. The Kier molecular flexibility index (Phi) is 32.2. The second-order valence-electron chi connectivity index (χ2n) is 13.5. The third kappa shape index (κ3) is 27.1. The van der Waals surface area contributed by atoms with Gasteiger partial charge in [0.05, 0.1) is 0 Å². The number of carbonyl (C=O) groups is 2. The predicted molar refractivity (Wildman–Crippen MR) is 192 cm³/mol. The zero-order valence-corrected chi connectivity index (χ0v) is 30.0. The highest BCUT2D eigenvalue weighted by molar-refractivity contribution is 5.93. The van der Waals surface area contributed by atoms with Gasteiger partial charge in [-0.1, -0.05) is 141 Å². The molecule has 2 atom stereocenters. The summed E-state index contributed by atoms with van der Waals surface area (Å²) in [5.41, 5.74) is 0. The molecule has 0 aliphatic heterocycles. The molecule has 0 aromatic heterocycles. The summed E-state index contributed by atoms with van der Waals surface area (Å²) in [7, 11) is 3.59. The lowest BCUT2D eigenvalue weighted by atomic mass is 9.94. The van der Waals surface area contributed by atoms with Crippen LogP contribution >= 0.6 is 0 Å². The zero-order valence-electron chi connectivity index (χ0n) is 30.0. The Balaban J connectivity index is 3.88. The van der Waals surface area contributed by atoms with Crippen LogP contribution in [-0.2, 0) is 9.59 Å². The number of unbranched alkanes of at least 4 members (excludes halogenated alkanes) is 22. The molecular formula is C40H75NO3. The normalized spacial score (nSPS) is 13.4. The molecule has 4 nitrogen and oxygen atoms in total. The lowest BCUT2D eigenvalue weighted by Gasteiger charge is -2.27. The number of aliphatic hydroxyl groups is 1. The van der Waals surface area contributed by atoms with E-state index < -0.39 is 12.1 Å². The van der Waals surface area contributed by atoms with Crippen LogP contribution in [0.4, 0.5) is 0 Å². The fraction of sp³-hybridized carbons (Fsp3) is 0.850. The van der Waals surface area contributed by atoms with Crippen LogP contribution in [0.3, 0.4) is 0 Å². The van der Waals surface area contributed by atoms with Crippen LogP contribution in [0.5, 0.6) is 0 Å². The Bertz CT molecular complexity index is 699. The molecule has 4 heteroatoms. The third-order valence-corrected chi connectivity index (χ3v) is 8.89. The first kappa shape index (κ1) is 42.7. The van der Waals surface area contributed by atoms with Crippen molar-refractivity contribution in [1.82, 2.24) is 4.90 Å². The molecule has 0 spiro atoms. The minimum atomic E-state index is -1.21. The van der Waals surface area contributed by atoms with Crippen molar-refractivity contribution in [2.45, 2.75) is 206 Å². The Hall–Kier alpha value is -1.26. The number of hydrogen-bond acceptors (Lipinski definition) is 4. The first-order valence-corrected chi connectivity index (χ1v) is 19.2. The van der Waals surface area contributed by atoms with Crippen LogP contribution in [0.15, 0.2) is 24.3 Å². The summed E-state index contributed by atoms with van der Waals surface area (Å²) in [4.78, 5) is 27.3. The van der Waals surface area contributed by atoms with Crippen LogP contribution in [0.1, 0.15) is 194 Å². The average molecular weight is 618 g/mol. The van der Waals surface area contributed by atoms with Crippen molar-refractivity contribution in [3.63, 3.8) is 0 Å². The SMILES string of the molecule is CCCCCCCC/C=C\CCCCCCCC(=O)C(O)C(C(=O)CCCCCCC/C=C\CCCCCCCC)N(C)C. The summed E-state index contributed by atoms with van der Waals surface area (Å²) in [6.07, 6.45) is 40.7. The molecule has 44 heavy (non-hydrogen) atoms. The van der Waals surface area contributed by atoms with E-state index in [0.29, 0.717) is 12.8 Å². The first-order chi connectivity index (χ1) is 21.5. The lowest BCUT2D eigenvalue weighted by Crippen LogP contribution is -2.48. The standard InChI is InChI=1S/C40H75NO3/c1-5-7-9-11-13-15-17-19-21-23-25-27-29-31-33-35-37(42)39(41(3)4)40(44)38(43)36-34-32-30-28-26-24-22-20-18-16-14-12-10-8-6-2/h19-22,39-40,44H,5-18,23-36H2,1-4H3/b21-19-,22-20-. The maximum atomic E-state index is 12.9. The van der Waals surface area contributed by atoms with Gasteiger partial charge in [0.25, 0.3) is 0 Å². The number of rotatable bonds is 34. The summed E-state index contributed by atoms with van der Waals surface area (Å²) in [6.45, 7) is 4.53. The van der Waals surface area contributed by atoms with Crippen LogP contribution in [0.2, 0.25) is 0 Å². The van der Waals surface area contributed by atoms with Crippen molar-refractivity contribution < 1.29 is 14.7 Å². The summed E-state index contributed by atoms with van der Waals surface area (Å²) in [5.74, 6) is -0.183. The van der Waals surface area contributed by atoms with Crippen LogP contribution in [0.25, 0.3) is 0 Å². The Morgan fingerprint density at radius 2 is 0.773 bits per heavy atom. The number of nitrogens with zero attached hydrogens (tertiary/aromatic N) is 1. The topological polar surface area (TPSA) is 57.6 Å². The van der Waals surface area contributed by atoms with Crippen molar-refractivity contribution in [3.05, 3.63) is 24.3 Å². The van der Waals surface area contributed by atoms with Gasteiger partial charge in [-0.05, 0) is 78.3 Å². The van der Waals surface area contributed by atoms with Gasteiger partial charge in [0.15, 0.2) is 11.6 Å². The van der Waals surface area contributed by atoms with E-state index in [-0.39, 0.29) is 11.6 Å². The van der Waals surface area contributed by atoms with Crippen molar-refractivity contribution in [1.29, 1.82) is 0 Å². The van der Waals surface area contributed by atoms with Crippen LogP contribution in [0, 0.1) is 0 Å². The summed E-state index contributed by atoms with van der Waals surface area (Å²) in [5, 5.41) is 10.7. The molecule has 2 unspecified atom stereocenters. The maximum Gasteiger partial charge on any atom is 0.163 e. The molecule has 0 saturated heterocycles. The quantitative estimate of drug-likeness (QED) is 0.0576. The second-order valence-corrected chi connectivity index (χ2v) is 13.5. The molecule has 0 aliphatic carbocycles. The van der Waals surface area contributed by atoms with Gasteiger partial charge in [-0.15, -0.1) is 0 Å². The van der Waals surface area contributed by atoms with Crippen molar-refractivity contribution in [2.24, 2.45) is 0 Å². The van der Waals surface area contributed by atoms with Crippen molar-refractivity contribution in [3.8, 4) is 0 Å². The molecular weight excluding hydrogens is 542 g/mol. The molecule has 0 bridgehead atoms. The molecule has 0 aromatic carbocycles. The number of likely N-dealkylation sites (N-methyl/N-ethyl adjacent to an activating group) is 1. The van der Waals surface area contributed by atoms with Crippen LogP contribution in [-0.4, -0.2) is 47.8 Å². The largest absolute Gasteiger partial charge is 0.383 e. The average Bonchev–Trinajstić information content (AvgIpc) is 3.00. The monoisotopic (exact) mass is 618 g/mol. The van der Waals surface area contributed by atoms with E-state index in [1.165, 1.54) is 116 Å². The van der Waals surface area contributed by atoms with Gasteiger partial charge in [0.2, 0.25) is 0 Å². The molecule has 0 amide bonds. The molecule has 0 aromatic rings. The molecule has 1 N–H and O–H groups in total. The van der Waals surface area contributed by atoms with Gasteiger partial charge < -0.3 is 5.11 Å². The van der Waals surface area contributed by atoms with E-state index in [2.05, 4.69) is 38.2 Å². The summed E-state index contributed by atoms with van der Waals surface area (Å²) < 4.78 is 0. The minimum absolute atomic E-state index is 0.00183. The number of allylic oxidation sites excluding steroid dienone is 4. The summed E-state index contributed by atoms with van der Waals surface area (Å²) >= 11 is 0. The maximum absolute atomic E-state index is 12.9. The minimum Gasteiger partial charge on any atom is -0.383 e. The first-order valence-electron chi connectivity index (χ1n) is 19.2. The molecule has 258 valence electrons. The highest BCUT2D eigenvalue weighted by Crippen LogP contribution is 2.16. The predicted octanol–water partition coefficient (Wildman–Crippen LogP) is 11.5. The number of hydrogen-bond donors (Lipinski definition) is 1. The number of ketones is 2. The van der Waals surface area contributed by atoms with E-state index in [1.54, 1.807) is 19.0 Å². The van der Waals surface area contributed by atoms with Crippen LogP contribution < -0.4 is 0 Å². The molecule has 0 saturated carbocycles. The van der Waals surface area contributed by atoms with Crippen molar-refractivity contribution in [2.75, 3.05) is 14.1 Å². The van der Waals surface area contributed by atoms with Gasteiger partial charge in [0.1, 0.15) is 12.1 Å². The molecule has 0 aliphatic rings. The van der Waals surface area contributed by atoms with E-state index in [1.807, 2.05) is 0 Å². The fourth-order valence-corrected chi connectivity index (χ4v) is 5.96. The van der Waals surface area contributed by atoms with Gasteiger partial charge in [0, 0.05) is 12.8 Å². The van der Waals surface area contributed by atoms with E-state index in [0.717, 1.165) is 51.4 Å².